The third-order valence-corrected chi connectivity index (χ3v) is 7.14. The molecular weight excluding hydrogens is 488 g/mol. The van der Waals surface area contributed by atoms with Gasteiger partial charge in [0.2, 0.25) is 0 Å². The van der Waals surface area contributed by atoms with Crippen LogP contribution in [0.25, 0.3) is 0 Å². The molecule has 0 saturated carbocycles. The van der Waals surface area contributed by atoms with Crippen LogP contribution in [-0.2, 0) is 52.3 Å². The third kappa shape index (κ3) is 8.61. The summed E-state index contributed by atoms with van der Waals surface area (Å²) in [5.41, 5.74) is -0.362. The molecule has 5 saturated heterocycles. The molecule has 6 bridgehead atoms. The Morgan fingerprint density at radius 1 is 0.568 bits per heavy atom. The highest BCUT2D eigenvalue weighted by molar-refractivity contribution is 5.70. The summed E-state index contributed by atoms with van der Waals surface area (Å²) in [7, 11) is 0. The highest BCUT2D eigenvalue weighted by Crippen LogP contribution is 2.35. The minimum atomic E-state index is -0.838. The van der Waals surface area contributed by atoms with Gasteiger partial charge in [0.25, 0.3) is 0 Å². The smallest absolute Gasteiger partial charge is 0.306 e. The van der Waals surface area contributed by atoms with Gasteiger partial charge in [-0.05, 0) is 40.0 Å². The second kappa shape index (κ2) is 12.4. The predicted molar refractivity (Wildman–Crippen MR) is 128 cm³/mol. The summed E-state index contributed by atoms with van der Waals surface area (Å²) >= 11 is 0. The Labute approximate surface area is 218 Å². The van der Waals surface area contributed by atoms with E-state index in [1.165, 1.54) is 0 Å². The Balaban J connectivity index is 0.000000246. The van der Waals surface area contributed by atoms with E-state index in [0.717, 1.165) is 12.8 Å². The number of hydrogen-bond acceptors (Lipinski definition) is 11. The van der Waals surface area contributed by atoms with Crippen molar-refractivity contribution in [3.8, 4) is 0 Å². The van der Waals surface area contributed by atoms with Gasteiger partial charge in [0.05, 0.1) is 37.8 Å². The van der Waals surface area contributed by atoms with E-state index in [0.29, 0.717) is 51.9 Å². The first-order chi connectivity index (χ1) is 17.0. The molecule has 6 unspecified atom stereocenters. The molecule has 0 spiro atoms. The summed E-state index contributed by atoms with van der Waals surface area (Å²) in [6.07, 6.45) is 3.67. The number of carbonyl (C=O) groups is 3. The molecule has 37 heavy (non-hydrogen) atoms. The molecule has 5 rings (SSSR count). The second-order valence-corrected chi connectivity index (χ2v) is 10.6. The van der Waals surface area contributed by atoms with Crippen LogP contribution < -0.4 is 0 Å². The van der Waals surface area contributed by atoms with Crippen molar-refractivity contribution in [3.63, 3.8) is 0 Å². The fraction of sp³-hybridized carbons (Fsp3) is 0.885. The summed E-state index contributed by atoms with van der Waals surface area (Å²) < 4.78 is 43.9. The van der Waals surface area contributed by atoms with Gasteiger partial charge in [-0.15, -0.1) is 0 Å². The molecule has 0 amide bonds. The van der Waals surface area contributed by atoms with E-state index in [1.54, 1.807) is 6.92 Å². The van der Waals surface area contributed by atoms with E-state index >= 15 is 0 Å². The van der Waals surface area contributed by atoms with Gasteiger partial charge in [-0.25, -0.2) is 0 Å². The summed E-state index contributed by atoms with van der Waals surface area (Å²) in [5, 5.41) is 0. The Morgan fingerprint density at radius 3 is 1.49 bits per heavy atom. The lowest BCUT2D eigenvalue weighted by atomic mass is 9.96. The summed E-state index contributed by atoms with van der Waals surface area (Å²) in [6, 6.07) is 0. The Morgan fingerprint density at radius 2 is 1.00 bits per heavy atom. The van der Waals surface area contributed by atoms with Crippen LogP contribution >= 0.6 is 0 Å². The van der Waals surface area contributed by atoms with Gasteiger partial charge in [-0.2, -0.15) is 0 Å². The maximum Gasteiger partial charge on any atom is 0.306 e. The summed E-state index contributed by atoms with van der Waals surface area (Å²) in [6.45, 7) is 7.27. The molecule has 5 heterocycles. The fourth-order valence-electron chi connectivity index (χ4n) is 4.89. The molecule has 11 nitrogen and oxygen atoms in total. The van der Waals surface area contributed by atoms with Gasteiger partial charge >= 0.3 is 17.9 Å². The molecule has 5 fully saturated rings. The van der Waals surface area contributed by atoms with Gasteiger partial charge in [0.1, 0.15) is 32.0 Å². The van der Waals surface area contributed by atoms with Gasteiger partial charge in [0.15, 0.2) is 11.6 Å². The number of cyclic esters (lactones) is 3. The van der Waals surface area contributed by atoms with E-state index in [4.69, 9.17) is 37.9 Å². The van der Waals surface area contributed by atoms with E-state index in [2.05, 4.69) is 0 Å². The van der Waals surface area contributed by atoms with Crippen LogP contribution in [0.15, 0.2) is 0 Å². The molecule has 0 aliphatic carbocycles. The topological polar surface area (TPSA) is 125 Å². The Hall–Kier alpha value is -1.79. The number of esters is 3. The molecule has 5 aliphatic rings. The van der Waals surface area contributed by atoms with Crippen LogP contribution in [0.2, 0.25) is 0 Å². The van der Waals surface area contributed by atoms with Crippen LogP contribution in [0.4, 0.5) is 0 Å². The lowest BCUT2D eigenvalue weighted by Gasteiger charge is -2.25. The Bertz CT molecular complexity index is 774. The van der Waals surface area contributed by atoms with Crippen molar-refractivity contribution in [2.75, 3.05) is 33.0 Å². The molecule has 6 atom stereocenters. The zero-order chi connectivity index (χ0) is 25.8. The fourth-order valence-corrected chi connectivity index (χ4v) is 4.89. The number of rotatable bonds is 0. The lowest BCUT2D eigenvalue weighted by Crippen LogP contribution is -2.32. The quantitative estimate of drug-likeness (QED) is 0.339. The summed E-state index contributed by atoms with van der Waals surface area (Å²) in [4.78, 5) is 34.8. The molecule has 212 valence electrons. The average Bonchev–Trinajstić information content (AvgIpc) is 3.54. The normalized spacial score (nSPS) is 40.6. The van der Waals surface area contributed by atoms with Crippen molar-refractivity contribution in [1.29, 1.82) is 0 Å². The van der Waals surface area contributed by atoms with Crippen LogP contribution in [0.3, 0.4) is 0 Å². The monoisotopic (exact) mass is 530 g/mol. The first kappa shape index (κ1) is 29.8. The van der Waals surface area contributed by atoms with Crippen molar-refractivity contribution in [1.82, 2.24) is 0 Å². The Kier molecular flexibility index (Phi) is 9.96. The maximum atomic E-state index is 11.9. The molecule has 0 aromatic rings. The largest absolute Gasteiger partial charge is 0.463 e. The molecule has 0 aromatic heterocycles. The molecule has 0 N–H and O–H groups in total. The molecule has 5 aliphatic heterocycles. The standard InChI is InChI=1S/C17H26O7.C8H12O4.CH4/c1-16-6-3-12(23-16)9-20-15(19)5-8-17(2)22-11-13(24-17)10-21-14(18)4-7-16;1-8-3-2-7(9)10-4-6(12-8)5-11-8;/h12-13H,3-11H2,1-2H3;6H,2-5H2,1H3;1H4. The van der Waals surface area contributed by atoms with E-state index < -0.39 is 11.6 Å². The zero-order valence-electron chi connectivity index (χ0n) is 21.4. The van der Waals surface area contributed by atoms with Gasteiger partial charge in [0, 0.05) is 19.3 Å². The minimum absolute atomic E-state index is 0. The van der Waals surface area contributed by atoms with Crippen LogP contribution in [0.1, 0.15) is 79.6 Å². The molecule has 0 radical (unpaired) electrons. The van der Waals surface area contributed by atoms with Crippen molar-refractivity contribution in [3.05, 3.63) is 0 Å². The minimum Gasteiger partial charge on any atom is -0.463 e. The van der Waals surface area contributed by atoms with Gasteiger partial charge < -0.3 is 37.9 Å². The maximum absolute atomic E-state index is 11.9. The van der Waals surface area contributed by atoms with Crippen molar-refractivity contribution >= 4 is 17.9 Å². The van der Waals surface area contributed by atoms with Crippen LogP contribution in [0, 0.1) is 0 Å². The second-order valence-electron chi connectivity index (χ2n) is 10.6. The average molecular weight is 531 g/mol. The number of fused-ring (bicyclic) bond motifs is 6. The molecule has 11 heteroatoms. The van der Waals surface area contributed by atoms with Crippen LogP contribution in [-0.4, -0.2) is 86.4 Å². The SMILES string of the molecule is C.CC12CCC(=O)OCC(CO1)O2.CC12CCC(=O)OCC3COC(C)(CCC(=O)OCC(CC1)O2)O3. The first-order valence-corrected chi connectivity index (χ1v) is 12.8. The van der Waals surface area contributed by atoms with Crippen molar-refractivity contribution in [2.45, 2.75) is 115 Å². The number of ether oxygens (including phenoxy) is 8. The number of carbonyl (C=O) groups excluding carboxylic acids is 3. The first-order valence-electron chi connectivity index (χ1n) is 12.8. The predicted octanol–water partition coefficient (Wildman–Crippen LogP) is 2.81. The summed E-state index contributed by atoms with van der Waals surface area (Å²) in [5.74, 6) is -2.07. The molecular formula is C26H42O11. The lowest BCUT2D eigenvalue weighted by molar-refractivity contribution is -0.184. The van der Waals surface area contributed by atoms with Gasteiger partial charge in [-0.1, -0.05) is 7.43 Å². The van der Waals surface area contributed by atoms with E-state index in [1.807, 2.05) is 13.8 Å². The highest BCUT2D eigenvalue weighted by Gasteiger charge is 2.41. The van der Waals surface area contributed by atoms with Crippen LogP contribution in [0.5, 0.6) is 0 Å². The third-order valence-electron chi connectivity index (χ3n) is 7.14. The van der Waals surface area contributed by atoms with E-state index in [-0.39, 0.29) is 68.9 Å². The van der Waals surface area contributed by atoms with E-state index in [9.17, 15) is 14.4 Å². The number of hydrogen-bond donors (Lipinski definition) is 0. The molecule has 0 aromatic carbocycles. The van der Waals surface area contributed by atoms with Gasteiger partial charge in [-0.3, -0.25) is 14.4 Å². The van der Waals surface area contributed by atoms with Crippen molar-refractivity contribution < 1.29 is 52.3 Å². The highest BCUT2D eigenvalue weighted by atomic mass is 16.8. The van der Waals surface area contributed by atoms with Crippen molar-refractivity contribution in [2.24, 2.45) is 0 Å². The zero-order valence-corrected chi connectivity index (χ0v) is 21.4.